The number of nitrogens with one attached hydrogen (secondary N) is 1. The lowest BCUT2D eigenvalue weighted by Crippen LogP contribution is -2.39. The quantitative estimate of drug-likeness (QED) is 0.867. The molecule has 2 aromatic rings. The van der Waals surface area contributed by atoms with Crippen molar-refractivity contribution >= 4 is 0 Å². The van der Waals surface area contributed by atoms with E-state index in [1.165, 1.54) is 35.1 Å². The molecule has 0 heterocycles. The minimum Gasteiger partial charge on any atom is -0.310 e. The average molecular weight is 265 g/mol. The minimum absolute atomic E-state index is 0.682. The Labute approximate surface area is 122 Å². The van der Waals surface area contributed by atoms with Gasteiger partial charge in [-0.15, -0.1) is 0 Å². The first-order valence-electron chi connectivity index (χ1n) is 7.56. The molecular weight excluding hydrogens is 242 g/mol. The van der Waals surface area contributed by atoms with Crippen LogP contribution >= 0.6 is 0 Å². The molecule has 0 aliphatic heterocycles. The van der Waals surface area contributed by atoms with Crippen LogP contribution < -0.4 is 5.32 Å². The molecule has 2 aromatic carbocycles. The Morgan fingerprint density at radius 3 is 2.40 bits per heavy atom. The first kappa shape index (κ1) is 13.4. The third-order valence-electron chi connectivity index (χ3n) is 4.36. The van der Waals surface area contributed by atoms with E-state index in [-0.39, 0.29) is 0 Å². The minimum atomic E-state index is 0.682. The Morgan fingerprint density at radius 1 is 0.950 bits per heavy atom. The Balaban J connectivity index is 1.48. The van der Waals surface area contributed by atoms with Gasteiger partial charge in [0.2, 0.25) is 0 Å². The van der Waals surface area contributed by atoms with Crippen LogP contribution in [0.1, 0.15) is 41.0 Å². The number of hydrogen-bond donors (Lipinski definition) is 1. The molecule has 3 rings (SSSR count). The molecule has 1 aliphatic rings. The predicted octanol–water partition coefficient (Wildman–Crippen LogP) is 4.34. The number of aryl methyl sites for hydroxylation is 2. The van der Waals surface area contributed by atoms with E-state index in [4.69, 9.17) is 0 Å². The molecule has 1 N–H and O–H groups in total. The highest BCUT2D eigenvalue weighted by Crippen LogP contribution is 2.36. The number of benzene rings is 2. The van der Waals surface area contributed by atoms with E-state index in [1.807, 2.05) is 0 Å². The zero-order valence-corrected chi connectivity index (χ0v) is 12.4. The van der Waals surface area contributed by atoms with E-state index in [9.17, 15) is 0 Å². The maximum Gasteiger partial charge on any atom is 0.0208 e. The first-order valence-corrected chi connectivity index (χ1v) is 7.56. The maximum absolute atomic E-state index is 3.67. The van der Waals surface area contributed by atoms with E-state index >= 15 is 0 Å². The van der Waals surface area contributed by atoms with Crippen molar-refractivity contribution in [1.29, 1.82) is 0 Å². The molecule has 0 aromatic heterocycles. The van der Waals surface area contributed by atoms with E-state index in [1.54, 1.807) is 0 Å². The highest BCUT2D eigenvalue weighted by molar-refractivity contribution is 5.27. The molecule has 0 radical (unpaired) electrons. The summed E-state index contributed by atoms with van der Waals surface area (Å²) >= 11 is 0. The summed E-state index contributed by atoms with van der Waals surface area (Å²) < 4.78 is 0. The molecular formula is C19H23N. The van der Waals surface area contributed by atoms with Crippen molar-refractivity contribution in [1.82, 2.24) is 5.32 Å². The Morgan fingerprint density at radius 2 is 1.70 bits per heavy atom. The van der Waals surface area contributed by atoms with Gasteiger partial charge in [0.05, 0.1) is 0 Å². The Bertz CT molecular complexity index is 565. The summed E-state index contributed by atoms with van der Waals surface area (Å²) in [6, 6.07) is 18.5. The highest BCUT2D eigenvalue weighted by Gasteiger charge is 2.29. The molecule has 1 saturated carbocycles. The summed E-state index contributed by atoms with van der Waals surface area (Å²) in [5, 5.41) is 3.67. The van der Waals surface area contributed by atoms with Crippen molar-refractivity contribution in [3.8, 4) is 0 Å². The molecule has 0 spiro atoms. The van der Waals surface area contributed by atoms with Gasteiger partial charge in [-0.1, -0.05) is 59.7 Å². The van der Waals surface area contributed by atoms with Crippen LogP contribution in [0.25, 0.3) is 0 Å². The van der Waals surface area contributed by atoms with E-state index in [0.29, 0.717) is 6.04 Å². The van der Waals surface area contributed by atoms with Crippen LogP contribution in [0.5, 0.6) is 0 Å². The molecule has 104 valence electrons. The molecule has 1 aliphatic carbocycles. The summed E-state index contributed by atoms with van der Waals surface area (Å²) in [4.78, 5) is 0. The monoisotopic (exact) mass is 265 g/mol. The smallest absolute Gasteiger partial charge is 0.0208 e. The van der Waals surface area contributed by atoms with Crippen LogP contribution in [0.4, 0.5) is 0 Å². The summed E-state index contributed by atoms with van der Waals surface area (Å²) in [7, 11) is 0. The van der Waals surface area contributed by atoms with Gasteiger partial charge >= 0.3 is 0 Å². The Hall–Kier alpha value is -1.60. The van der Waals surface area contributed by atoms with Crippen molar-refractivity contribution in [3.63, 3.8) is 0 Å². The summed E-state index contributed by atoms with van der Waals surface area (Å²) in [6.07, 6.45) is 2.55. The van der Waals surface area contributed by atoms with Crippen LogP contribution in [0.15, 0.2) is 48.5 Å². The first-order chi connectivity index (χ1) is 9.70. The number of hydrogen-bond acceptors (Lipinski definition) is 1. The number of rotatable bonds is 4. The van der Waals surface area contributed by atoms with Crippen molar-refractivity contribution in [2.24, 2.45) is 0 Å². The molecule has 0 atom stereocenters. The van der Waals surface area contributed by atoms with Crippen LogP contribution in [-0.4, -0.2) is 6.04 Å². The zero-order valence-electron chi connectivity index (χ0n) is 12.4. The third-order valence-corrected chi connectivity index (χ3v) is 4.36. The molecule has 20 heavy (non-hydrogen) atoms. The normalized spacial score (nSPS) is 21.5. The third kappa shape index (κ3) is 3.10. The van der Waals surface area contributed by atoms with Crippen molar-refractivity contribution in [2.75, 3.05) is 0 Å². The van der Waals surface area contributed by atoms with E-state index < -0.39 is 0 Å². The van der Waals surface area contributed by atoms with Crippen molar-refractivity contribution < 1.29 is 0 Å². The van der Waals surface area contributed by atoms with Gasteiger partial charge in [0.1, 0.15) is 0 Å². The summed E-state index contributed by atoms with van der Waals surface area (Å²) in [5.41, 5.74) is 5.59. The molecule has 0 unspecified atom stereocenters. The predicted molar refractivity (Wildman–Crippen MR) is 85.0 cm³/mol. The van der Waals surface area contributed by atoms with Gasteiger partial charge in [0.15, 0.2) is 0 Å². The Kier molecular flexibility index (Phi) is 3.88. The molecule has 0 amide bonds. The second-order valence-corrected chi connectivity index (χ2v) is 6.15. The average Bonchev–Trinajstić information content (AvgIpc) is 2.39. The molecule has 0 bridgehead atoms. The fourth-order valence-corrected chi connectivity index (χ4v) is 2.98. The van der Waals surface area contributed by atoms with Crippen LogP contribution in [0.2, 0.25) is 0 Å². The van der Waals surface area contributed by atoms with E-state index in [0.717, 1.165) is 12.5 Å². The zero-order chi connectivity index (χ0) is 13.9. The largest absolute Gasteiger partial charge is 0.310 e. The fraction of sp³-hybridized carbons (Fsp3) is 0.368. The van der Waals surface area contributed by atoms with Crippen LogP contribution in [0.3, 0.4) is 0 Å². The second kappa shape index (κ2) is 5.80. The SMILES string of the molecule is Cc1ccc(C2CC(NCc3cccc(C)c3)C2)cc1. The van der Waals surface area contributed by atoms with Crippen LogP contribution in [0, 0.1) is 13.8 Å². The second-order valence-electron chi connectivity index (χ2n) is 6.15. The van der Waals surface area contributed by atoms with Gasteiger partial charge in [0, 0.05) is 12.6 Å². The lowest BCUT2D eigenvalue weighted by atomic mass is 9.75. The molecule has 1 heteroatoms. The molecule has 1 nitrogen and oxygen atoms in total. The fourth-order valence-electron chi connectivity index (χ4n) is 2.98. The highest BCUT2D eigenvalue weighted by atomic mass is 14.9. The van der Waals surface area contributed by atoms with Crippen LogP contribution in [-0.2, 0) is 6.54 Å². The lowest BCUT2D eigenvalue weighted by Gasteiger charge is -2.36. The summed E-state index contributed by atoms with van der Waals surface area (Å²) in [6.45, 7) is 5.30. The lowest BCUT2D eigenvalue weighted by molar-refractivity contribution is 0.289. The van der Waals surface area contributed by atoms with Gasteiger partial charge in [0.25, 0.3) is 0 Å². The summed E-state index contributed by atoms with van der Waals surface area (Å²) in [5.74, 6) is 0.755. The van der Waals surface area contributed by atoms with Gasteiger partial charge < -0.3 is 5.32 Å². The molecule has 0 saturated heterocycles. The van der Waals surface area contributed by atoms with Gasteiger partial charge in [-0.3, -0.25) is 0 Å². The van der Waals surface area contributed by atoms with Gasteiger partial charge in [-0.05, 0) is 43.7 Å². The van der Waals surface area contributed by atoms with Gasteiger partial charge in [-0.2, -0.15) is 0 Å². The maximum atomic E-state index is 3.67. The molecule has 1 fully saturated rings. The van der Waals surface area contributed by atoms with Crippen molar-refractivity contribution in [2.45, 2.75) is 45.2 Å². The van der Waals surface area contributed by atoms with Crippen molar-refractivity contribution in [3.05, 3.63) is 70.8 Å². The van der Waals surface area contributed by atoms with Gasteiger partial charge in [-0.25, -0.2) is 0 Å². The topological polar surface area (TPSA) is 12.0 Å². The van der Waals surface area contributed by atoms with E-state index in [2.05, 4.69) is 67.7 Å². The standard InChI is InChI=1S/C19H23N/c1-14-6-8-17(9-7-14)18-11-19(12-18)20-13-16-5-3-4-15(2)10-16/h3-10,18-20H,11-13H2,1-2H3.